The van der Waals surface area contributed by atoms with Gasteiger partial charge in [-0.25, -0.2) is 9.07 Å². The van der Waals surface area contributed by atoms with Crippen LogP contribution in [0.4, 0.5) is 10.1 Å². The van der Waals surface area contributed by atoms with Crippen LogP contribution in [0.3, 0.4) is 0 Å². The van der Waals surface area contributed by atoms with E-state index in [4.69, 9.17) is 17.3 Å². The average Bonchev–Trinajstić information content (AvgIpc) is 2.48. The summed E-state index contributed by atoms with van der Waals surface area (Å²) in [6.07, 6.45) is 1.58. The van der Waals surface area contributed by atoms with Gasteiger partial charge in [0.05, 0.1) is 17.6 Å². The van der Waals surface area contributed by atoms with E-state index in [-0.39, 0.29) is 11.0 Å². The third-order valence-electron chi connectivity index (χ3n) is 1.79. The highest BCUT2D eigenvalue weighted by atomic mass is 35.5. The maximum Gasteiger partial charge on any atom is 0.174 e. The van der Waals surface area contributed by atoms with Gasteiger partial charge in [0.25, 0.3) is 0 Å². The summed E-state index contributed by atoms with van der Waals surface area (Å²) >= 11 is 5.68. The van der Waals surface area contributed by atoms with Crippen LogP contribution in [0.5, 0.6) is 0 Å². The molecule has 0 saturated heterocycles. The van der Waals surface area contributed by atoms with Gasteiger partial charge in [0, 0.05) is 0 Å². The first kappa shape index (κ1) is 9.02. The van der Waals surface area contributed by atoms with Gasteiger partial charge in [-0.2, -0.15) is 5.10 Å². The molecule has 0 aliphatic carbocycles. The number of nitrogens with zero attached hydrogens (tertiary/aromatic N) is 2. The highest BCUT2D eigenvalue weighted by Crippen LogP contribution is 2.18. The Morgan fingerprint density at radius 3 is 2.43 bits per heavy atom. The summed E-state index contributed by atoms with van der Waals surface area (Å²) in [6.45, 7) is 0. The first-order valence-electron chi connectivity index (χ1n) is 3.93. The van der Waals surface area contributed by atoms with E-state index >= 15 is 0 Å². The van der Waals surface area contributed by atoms with Crippen LogP contribution in [-0.4, -0.2) is 9.78 Å². The number of nitrogen functional groups attached to an aromatic ring is 1. The van der Waals surface area contributed by atoms with Crippen molar-refractivity contribution in [1.29, 1.82) is 0 Å². The molecule has 0 spiro atoms. The van der Waals surface area contributed by atoms with Crippen molar-refractivity contribution in [2.75, 3.05) is 5.73 Å². The Morgan fingerprint density at radius 2 is 1.93 bits per heavy atom. The molecule has 0 amide bonds. The lowest BCUT2D eigenvalue weighted by Gasteiger charge is -1.99. The highest BCUT2D eigenvalue weighted by molar-refractivity contribution is 6.31. The Kier molecular flexibility index (Phi) is 2.13. The Labute approximate surface area is 84.9 Å². The van der Waals surface area contributed by atoms with Gasteiger partial charge >= 0.3 is 0 Å². The topological polar surface area (TPSA) is 43.8 Å². The fourth-order valence-electron chi connectivity index (χ4n) is 1.09. The van der Waals surface area contributed by atoms with Crippen molar-refractivity contribution >= 4 is 17.3 Å². The van der Waals surface area contributed by atoms with E-state index in [9.17, 15) is 4.39 Å². The lowest BCUT2D eigenvalue weighted by Crippen LogP contribution is -1.93. The third kappa shape index (κ3) is 1.56. The highest BCUT2D eigenvalue weighted by Gasteiger charge is 2.03. The molecule has 0 saturated carbocycles. The Balaban J connectivity index is 2.44. The summed E-state index contributed by atoms with van der Waals surface area (Å²) in [6, 6.07) is 5.89. The monoisotopic (exact) mass is 211 g/mol. The van der Waals surface area contributed by atoms with Crippen LogP contribution >= 0.6 is 11.6 Å². The lowest BCUT2D eigenvalue weighted by molar-refractivity contribution is 0.627. The molecule has 1 aromatic heterocycles. The molecule has 0 fully saturated rings. The number of anilines is 1. The van der Waals surface area contributed by atoms with Gasteiger partial charge in [0.1, 0.15) is 5.82 Å². The number of hydrogen-bond donors (Lipinski definition) is 1. The van der Waals surface area contributed by atoms with E-state index < -0.39 is 0 Å². The van der Waals surface area contributed by atoms with E-state index in [1.54, 1.807) is 18.3 Å². The van der Waals surface area contributed by atoms with Crippen LogP contribution in [0, 0.1) is 5.82 Å². The van der Waals surface area contributed by atoms with E-state index in [0.29, 0.717) is 11.4 Å². The zero-order valence-corrected chi connectivity index (χ0v) is 7.87. The summed E-state index contributed by atoms with van der Waals surface area (Å²) in [5.41, 5.74) is 6.63. The molecule has 1 aromatic carbocycles. The number of nitrogens with two attached hydrogens (primary N) is 1. The molecule has 1 heterocycles. The van der Waals surface area contributed by atoms with E-state index in [0.717, 1.165) is 0 Å². The molecule has 0 atom stereocenters. The summed E-state index contributed by atoms with van der Waals surface area (Å²) < 4.78 is 14.1. The van der Waals surface area contributed by atoms with Gasteiger partial charge in [-0.15, -0.1) is 0 Å². The smallest absolute Gasteiger partial charge is 0.174 e. The minimum absolute atomic E-state index is 0.245. The van der Waals surface area contributed by atoms with Gasteiger partial charge in [0.15, 0.2) is 5.15 Å². The van der Waals surface area contributed by atoms with Gasteiger partial charge < -0.3 is 5.73 Å². The molecule has 0 bridgehead atoms. The number of aromatic nitrogens is 2. The van der Waals surface area contributed by atoms with Gasteiger partial charge in [-0.1, -0.05) is 11.6 Å². The van der Waals surface area contributed by atoms with E-state index in [1.165, 1.54) is 16.8 Å². The molecule has 3 nitrogen and oxygen atoms in total. The fraction of sp³-hybridized carbons (Fsp3) is 0. The lowest BCUT2D eigenvalue weighted by atomic mass is 10.3. The molecule has 2 rings (SSSR count). The van der Waals surface area contributed by atoms with Gasteiger partial charge in [-0.05, 0) is 24.3 Å². The van der Waals surface area contributed by atoms with E-state index in [2.05, 4.69) is 5.10 Å². The van der Waals surface area contributed by atoms with Crippen molar-refractivity contribution in [3.05, 3.63) is 41.4 Å². The summed E-state index contributed by atoms with van der Waals surface area (Å²) in [5, 5.41) is 4.19. The summed E-state index contributed by atoms with van der Waals surface area (Å²) in [7, 11) is 0. The average molecular weight is 212 g/mol. The summed E-state index contributed by atoms with van der Waals surface area (Å²) in [4.78, 5) is 0. The predicted octanol–water partition coefficient (Wildman–Crippen LogP) is 2.25. The molecular weight excluding hydrogens is 205 g/mol. The first-order valence-corrected chi connectivity index (χ1v) is 4.31. The molecule has 0 aliphatic rings. The normalized spacial score (nSPS) is 10.4. The Bertz CT molecular complexity index is 430. The van der Waals surface area contributed by atoms with E-state index in [1.807, 2.05) is 0 Å². The summed E-state index contributed by atoms with van der Waals surface area (Å²) in [5.74, 6) is -0.292. The molecule has 2 aromatic rings. The second-order valence-corrected chi connectivity index (χ2v) is 3.15. The van der Waals surface area contributed by atoms with Crippen LogP contribution in [0.15, 0.2) is 30.5 Å². The Morgan fingerprint density at radius 1 is 1.29 bits per heavy atom. The molecule has 0 radical (unpaired) electrons. The van der Waals surface area contributed by atoms with Crippen molar-refractivity contribution in [2.45, 2.75) is 0 Å². The molecular formula is C9H7ClFN3. The van der Waals surface area contributed by atoms with Crippen LogP contribution in [0.2, 0.25) is 5.15 Å². The van der Waals surface area contributed by atoms with Crippen LogP contribution in [0.1, 0.15) is 0 Å². The zero-order valence-electron chi connectivity index (χ0n) is 7.11. The maximum absolute atomic E-state index is 12.6. The predicted molar refractivity (Wildman–Crippen MR) is 52.9 cm³/mol. The number of halogens is 2. The van der Waals surface area contributed by atoms with Gasteiger partial charge in [-0.3, -0.25) is 0 Å². The van der Waals surface area contributed by atoms with Gasteiger partial charge in [0.2, 0.25) is 0 Å². The molecule has 0 aliphatic heterocycles. The largest absolute Gasteiger partial charge is 0.395 e. The molecule has 72 valence electrons. The van der Waals surface area contributed by atoms with Crippen LogP contribution in [0.25, 0.3) is 5.69 Å². The molecule has 14 heavy (non-hydrogen) atoms. The second kappa shape index (κ2) is 3.31. The second-order valence-electron chi connectivity index (χ2n) is 2.80. The standard InChI is InChI=1S/C9H7ClFN3/c10-9-8(12)5-14(13-9)7-3-1-6(11)2-4-7/h1-5H,12H2. The first-order chi connectivity index (χ1) is 6.66. The van der Waals surface area contributed by atoms with Crippen molar-refractivity contribution in [3.8, 4) is 5.69 Å². The minimum Gasteiger partial charge on any atom is -0.395 e. The number of rotatable bonds is 1. The maximum atomic E-state index is 12.6. The van der Waals surface area contributed by atoms with Crippen LogP contribution in [-0.2, 0) is 0 Å². The minimum atomic E-state index is -0.292. The quantitative estimate of drug-likeness (QED) is 0.786. The SMILES string of the molecule is Nc1cn(-c2ccc(F)cc2)nc1Cl. The van der Waals surface area contributed by atoms with Crippen molar-refractivity contribution in [2.24, 2.45) is 0 Å². The van der Waals surface area contributed by atoms with Crippen molar-refractivity contribution in [3.63, 3.8) is 0 Å². The molecule has 5 heteroatoms. The third-order valence-corrected chi connectivity index (χ3v) is 2.08. The van der Waals surface area contributed by atoms with Crippen molar-refractivity contribution < 1.29 is 4.39 Å². The fourth-order valence-corrected chi connectivity index (χ4v) is 1.22. The molecule has 2 N–H and O–H groups in total. The van der Waals surface area contributed by atoms with Crippen molar-refractivity contribution in [1.82, 2.24) is 9.78 Å². The number of hydrogen-bond acceptors (Lipinski definition) is 2. The Hall–Kier alpha value is -1.55. The molecule has 0 unspecified atom stereocenters. The number of benzene rings is 1. The van der Waals surface area contributed by atoms with Crippen LogP contribution < -0.4 is 5.73 Å². The zero-order chi connectivity index (χ0) is 10.1.